The van der Waals surface area contributed by atoms with Gasteiger partial charge in [-0.1, -0.05) is 11.6 Å². The second kappa shape index (κ2) is 5.32. The number of aromatic hydroxyl groups is 1. The molecular weight excluding hydrogens is 218 g/mol. The van der Waals surface area contributed by atoms with Crippen LogP contribution >= 0.6 is 11.6 Å². The Labute approximate surface area is 92.9 Å². The van der Waals surface area contributed by atoms with Crippen molar-refractivity contribution in [2.45, 2.75) is 18.6 Å². The molecule has 15 heavy (non-hydrogen) atoms. The van der Waals surface area contributed by atoms with Gasteiger partial charge in [0.2, 0.25) is 0 Å². The zero-order chi connectivity index (χ0) is 11.4. The maximum atomic E-state index is 9.72. The normalized spacial score (nSPS) is 14.9. The molecule has 0 fully saturated rings. The molecule has 0 saturated carbocycles. The van der Waals surface area contributed by atoms with Crippen LogP contribution in [0.5, 0.6) is 5.75 Å². The van der Waals surface area contributed by atoms with Gasteiger partial charge >= 0.3 is 0 Å². The first-order valence-electron chi connectivity index (χ1n) is 4.61. The molecule has 0 radical (unpaired) electrons. The number of rotatable bonds is 4. The van der Waals surface area contributed by atoms with E-state index in [-0.39, 0.29) is 18.7 Å². The summed E-state index contributed by atoms with van der Waals surface area (Å²) < 4.78 is 0. The Morgan fingerprint density at radius 1 is 1.33 bits per heavy atom. The molecule has 0 aliphatic carbocycles. The van der Waals surface area contributed by atoms with E-state index in [1.54, 1.807) is 0 Å². The van der Waals surface area contributed by atoms with E-state index in [9.17, 15) is 15.3 Å². The highest BCUT2D eigenvalue weighted by molar-refractivity contribution is 6.31. The number of phenolic OH excluding ortho intramolecular Hbond substituents is 1. The lowest BCUT2D eigenvalue weighted by molar-refractivity contribution is 0.0150. The quantitative estimate of drug-likeness (QED) is 0.617. The second-order valence-electron chi connectivity index (χ2n) is 3.30. The van der Waals surface area contributed by atoms with Crippen LogP contribution in [0.2, 0.25) is 5.02 Å². The van der Waals surface area contributed by atoms with E-state index in [0.29, 0.717) is 10.6 Å². The van der Waals surface area contributed by atoms with Crippen molar-refractivity contribution >= 4 is 11.6 Å². The molecule has 0 aromatic heterocycles. The van der Waals surface area contributed by atoms with Crippen LogP contribution in [0.1, 0.15) is 18.1 Å². The lowest BCUT2D eigenvalue weighted by Gasteiger charge is -2.18. The number of phenols is 1. The van der Waals surface area contributed by atoms with Crippen molar-refractivity contribution in [3.8, 4) is 5.75 Å². The lowest BCUT2D eigenvalue weighted by Crippen LogP contribution is -2.22. The van der Waals surface area contributed by atoms with E-state index in [1.165, 1.54) is 18.2 Å². The Morgan fingerprint density at radius 3 is 2.60 bits per heavy atom. The standard InChI is InChI=1S/C10H14ClNO3/c11-8-2-1-6(13)5-7(8)10(15)9(14)3-4-12/h1-2,5,9-10,13-15H,3-4,12H2. The molecule has 0 aliphatic rings. The summed E-state index contributed by atoms with van der Waals surface area (Å²) in [6, 6.07) is 4.20. The van der Waals surface area contributed by atoms with Gasteiger partial charge in [-0.05, 0) is 31.2 Å². The molecule has 5 heteroatoms. The second-order valence-corrected chi connectivity index (χ2v) is 3.70. The number of hydrogen-bond acceptors (Lipinski definition) is 4. The van der Waals surface area contributed by atoms with E-state index in [1.807, 2.05) is 0 Å². The zero-order valence-corrected chi connectivity index (χ0v) is 8.85. The van der Waals surface area contributed by atoms with Gasteiger partial charge in [0.05, 0.1) is 6.10 Å². The molecule has 1 rings (SSSR count). The summed E-state index contributed by atoms with van der Waals surface area (Å²) in [5, 5.41) is 28.8. The lowest BCUT2D eigenvalue weighted by atomic mass is 10.0. The van der Waals surface area contributed by atoms with Gasteiger partial charge in [0, 0.05) is 10.6 Å². The summed E-state index contributed by atoms with van der Waals surface area (Å²) in [5.41, 5.74) is 5.56. The predicted molar refractivity (Wildman–Crippen MR) is 57.8 cm³/mol. The van der Waals surface area contributed by atoms with Crippen LogP contribution in [-0.2, 0) is 0 Å². The fourth-order valence-electron chi connectivity index (χ4n) is 1.29. The third kappa shape index (κ3) is 3.07. The summed E-state index contributed by atoms with van der Waals surface area (Å²) in [6.45, 7) is 0.272. The minimum atomic E-state index is -1.13. The van der Waals surface area contributed by atoms with Crippen molar-refractivity contribution in [1.82, 2.24) is 0 Å². The number of hydrogen-bond donors (Lipinski definition) is 4. The molecule has 0 aliphatic heterocycles. The number of halogens is 1. The SMILES string of the molecule is NCCC(O)C(O)c1cc(O)ccc1Cl. The minimum absolute atomic E-state index is 0.00611. The van der Waals surface area contributed by atoms with Gasteiger partial charge in [0.25, 0.3) is 0 Å². The van der Waals surface area contributed by atoms with Crippen LogP contribution in [0, 0.1) is 0 Å². The maximum Gasteiger partial charge on any atom is 0.116 e. The van der Waals surface area contributed by atoms with Gasteiger partial charge in [-0.25, -0.2) is 0 Å². The maximum absolute atomic E-state index is 9.72. The Kier molecular flexibility index (Phi) is 4.35. The average molecular weight is 232 g/mol. The van der Waals surface area contributed by atoms with Gasteiger partial charge < -0.3 is 21.1 Å². The van der Waals surface area contributed by atoms with Crippen LogP contribution in [0.3, 0.4) is 0 Å². The molecule has 0 amide bonds. The molecule has 2 unspecified atom stereocenters. The van der Waals surface area contributed by atoms with Crippen LogP contribution < -0.4 is 5.73 Å². The molecule has 4 nitrogen and oxygen atoms in total. The van der Waals surface area contributed by atoms with Crippen LogP contribution in [0.25, 0.3) is 0 Å². The molecule has 0 heterocycles. The first kappa shape index (κ1) is 12.3. The number of nitrogens with two attached hydrogens (primary N) is 1. The fourth-order valence-corrected chi connectivity index (χ4v) is 1.52. The summed E-state index contributed by atoms with van der Waals surface area (Å²) in [6.07, 6.45) is -1.84. The third-order valence-electron chi connectivity index (χ3n) is 2.13. The molecule has 0 bridgehead atoms. The monoisotopic (exact) mass is 231 g/mol. The molecule has 2 atom stereocenters. The smallest absolute Gasteiger partial charge is 0.116 e. The number of aliphatic hydroxyl groups excluding tert-OH is 2. The number of aliphatic hydroxyl groups is 2. The predicted octanol–water partition coefficient (Wildman–Crippen LogP) is 0.789. The van der Waals surface area contributed by atoms with E-state index in [2.05, 4.69) is 0 Å². The molecule has 1 aromatic rings. The Hall–Kier alpha value is -0.810. The Bertz CT molecular complexity index is 332. The summed E-state index contributed by atoms with van der Waals surface area (Å²) in [4.78, 5) is 0. The van der Waals surface area contributed by atoms with Gasteiger partial charge in [-0.2, -0.15) is 0 Å². The summed E-state index contributed by atoms with van der Waals surface area (Å²) in [7, 11) is 0. The fraction of sp³-hybridized carbons (Fsp3) is 0.400. The highest BCUT2D eigenvalue weighted by atomic mass is 35.5. The Balaban J connectivity index is 2.89. The topological polar surface area (TPSA) is 86.7 Å². The molecule has 84 valence electrons. The minimum Gasteiger partial charge on any atom is -0.508 e. The summed E-state index contributed by atoms with van der Waals surface area (Å²) >= 11 is 5.82. The van der Waals surface area contributed by atoms with Crippen molar-refractivity contribution in [3.05, 3.63) is 28.8 Å². The van der Waals surface area contributed by atoms with Crippen LogP contribution in [0.4, 0.5) is 0 Å². The van der Waals surface area contributed by atoms with Crippen LogP contribution in [0.15, 0.2) is 18.2 Å². The van der Waals surface area contributed by atoms with Crippen molar-refractivity contribution in [3.63, 3.8) is 0 Å². The molecule has 5 N–H and O–H groups in total. The first-order valence-corrected chi connectivity index (χ1v) is 4.98. The highest BCUT2D eigenvalue weighted by Gasteiger charge is 2.20. The zero-order valence-electron chi connectivity index (χ0n) is 8.10. The summed E-state index contributed by atoms with van der Waals surface area (Å²) in [5.74, 6) is -0.00611. The van der Waals surface area contributed by atoms with Gasteiger partial charge in [0.15, 0.2) is 0 Å². The van der Waals surface area contributed by atoms with Gasteiger partial charge in [-0.15, -0.1) is 0 Å². The van der Waals surface area contributed by atoms with Crippen molar-refractivity contribution in [2.75, 3.05) is 6.54 Å². The largest absolute Gasteiger partial charge is 0.508 e. The third-order valence-corrected chi connectivity index (χ3v) is 2.47. The van der Waals surface area contributed by atoms with Crippen molar-refractivity contribution < 1.29 is 15.3 Å². The van der Waals surface area contributed by atoms with E-state index in [0.717, 1.165) is 0 Å². The van der Waals surface area contributed by atoms with E-state index in [4.69, 9.17) is 17.3 Å². The molecule has 1 aromatic carbocycles. The number of benzene rings is 1. The molecular formula is C10H14ClNO3. The molecule has 0 saturated heterocycles. The van der Waals surface area contributed by atoms with Crippen molar-refractivity contribution in [1.29, 1.82) is 0 Å². The average Bonchev–Trinajstić information content (AvgIpc) is 2.21. The first-order chi connectivity index (χ1) is 7.06. The Morgan fingerprint density at radius 2 is 2.00 bits per heavy atom. The van der Waals surface area contributed by atoms with Crippen LogP contribution in [-0.4, -0.2) is 28.0 Å². The van der Waals surface area contributed by atoms with Gasteiger partial charge in [-0.3, -0.25) is 0 Å². The highest BCUT2D eigenvalue weighted by Crippen LogP contribution is 2.29. The van der Waals surface area contributed by atoms with E-state index < -0.39 is 12.2 Å². The molecule has 0 spiro atoms. The van der Waals surface area contributed by atoms with Gasteiger partial charge in [0.1, 0.15) is 11.9 Å². The van der Waals surface area contributed by atoms with E-state index >= 15 is 0 Å². The van der Waals surface area contributed by atoms with Crippen molar-refractivity contribution in [2.24, 2.45) is 5.73 Å².